The molecule has 0 aliphatic heterocycles. The monoisotopic (exact) mass is 271 g/mol. The fraction of sp³-hybridized carbons (Fsp3) is 0.545. The number of ether oxygens (including phenoxy) is 1. The van der Waals surface area contributed by atoms with Crippen LogP contribution in [-0.4, -0.2) is 30.0 Å². The number of carbonyl (C=O) groups is 2. The molecule has 0 aliphatic carbocycles. The van der Waals surface area contributed by atoms with E-state index in [1.54, 1.807) is 5.38 Å². The summed E-state index contributed by atoms with van der Waals surface area (Å²) < 4.78 is 4.66. The van der Waals surface area contributed by atoms with Crippen molar-refractivity contribution in [1.29, 1.82) is 0 Å². The molecule has 1 aromatic rings. The summed E-state index contributed by atoms with van der Waals surface area (Å²) in [5.41, 5.74) is 5.67. The van der Waals surface area contributed by atoms with E-state index < -0.39 is 17.9 Å². The van der Waals surface area contributed by atoms with Crippen LogP contribution in [-0.2, 0) is 9.53 Å². The molecule has 0 saturated carbocycles. The van der Waals surface area contributed by atoms with Crippen LogP contribution in [0.2, 0.25) is 0 Å². The molecular formula is C11H17N3O3S. The summed E-state index contributed by atoms with van der Waals surface area (Å²) in [6.45, 7) is 3.92. The van der Waals surface area contributed by atoms with Gasteiger partial charge in [-0.05, 0) is 12.3 Å². The number of nitrogens with zero attached hydrogens (tertiary/aromatic N) is 1. The van der Waals surface area contributed by atoms with E-state index in [4.69, 9.17) is 5.73 Å². The fourth-order valence-electron chi connectivity index (χ4n) is 1.45. The first-order valence-corrected chi connectivity index (χ1v) is 6.41. The van der Waals surface area contributed by atoms with Crippen molar-refractivity contribution < 1.29 is 14.3 Å². The molecule has 0 fully saturated rings. The van der Waals surface area contributed by atoms with Crippen LogP contribution in [0.4, 0.5) is 5.13 Å². The van der Waals surface area contributed by atoms with E-state index >= 15 is 0 Å². The average Bonchev–Trinajstić information content (AvgIpc) is 2.73. The number of anilines is 1. The van der Waals surface area contributed by atoms with Crippen molar-refractivity contribution in [3.05, 3.63) is 11.1 Å². The van der Waals surface area contributed by atoms with Crippen molar-refractivity contribution in [1.82, 2.24) is 10.3 Å². The van der Waals surface area contributed by atoms with Gasteiger partial charge in [-0.3, -0.25) is 4.79 Å². The molecule has 6 nitrogen and oxygen atoms in total. The Hall–Kier alpha value is -1.63. The molecule has 100 valence electrons. The van der Waals surface area contributed by atoms with E-state index in [1.807, 2.05) is 13.8 Å². The van der Waals surface area contributed by atoms with Crippen LogP contribution in [0.1, 0.15) is 30.8 Å². The highest BCUT2D eigenvalue weighted by Gasteiger charge is 2.23. The predicted octanol–water partition coefficient (Wildman–Crippen LogP) is 1.04. The topological polar surface area (TPSA) is 94.3 Å². The second-order valence-electron chi connectivity index (χ2n) is 4.25. The Bertz CT molecular complexity index is 431. The van der Waals surface area contributed by atoms with Crippen LogP contribution in [0.3, 0.4) is 0 Å². The second kappa shape index (κ2) is 6.34. The number of methoxy groups -OCH3 is 1. The van der Waals surface area contributed by atoms with Gasteiger partial charge in [0.1, 0.15) is 11.7 Å². The predicted molar refractivity (Wildman–Crippen MR) is 69.3 cm³/mol. The molecule has 1 heterocycles. The number of esters is 1. The zero-order valence-electron chi connectivity index (χ0n) is 10.6. The largest absolute Gasteiger partial charge is 0.467 e. The first-order valence-electron chi connectivity index (χ1n) is 5.53. The normalized spacial score (nSPS) is 12.2. The molecule has 18 heavy (non-hydrogen) atoms. The number of thiazole rings is 1. The highest BCUT2D eigenvalue weighted by Crippen LogP contribution is 2.12. The summed E-state index contributed by atoms with van der Waals surface area (Å²) in [5, 5.41) is 4.47. The standard InChI is InChI=1S/C11H17N3O3S/c1-6(2)4-7(10(16)17-3)13-9(15)8-5-18-11(12)14-8/h5-7H,4H2,1-3H3,(H2,12,14)(H,13,15)/t7-/m0/s1. The van der Waals surface area contributed by atoms with Gasteiger partial charge < -0.3 is 15.8 Å². The molecule has 0 spiro atoms. The number of nitrogens with two attached hydrogens (primary N) is 1. The average molecular weight is 271 g/mol. The molecule has 0 radical (unpaired) electrons. The molecule has 3 N–H and O–H groups in total. The van der Waals surface area contributed by atoms with Gasteiger partial charge in [0.2, 0.25) is 0 Å². The molecule has 1 atom stereocenters. The van der Waals surface area contributed by atoms with Crippen molar-refractivity contribution in [2.75, 3.05) is 12.8 Å². The minimum Gasteiger partial charge on any atom is -0.467 e. The molecule has 0 aromatic carbocycles. The Kier molecular flexibility index (Phi) is 5.08. The maximum atomic E-state index is 11.8. The quantitative estimate of drug-likeness (QED) is 0.780. The van der Waals surface area contributed by atoms with Gasteiger partial charge in [0.05, 0.1) is 7.11 Å². The minimum atomic E-state index is -0.662. The second-order valence-corrected chi connectivity index (χ2v) is 5.14. The van der Waals surface area contributed by atoms with Crippen molar-refractivity contribution >= 4 is 28.3 Å². The molecule has 0 unspecified atom stereocenters. The third-order valence-electron chi connectivity index (χ3n) is 2.25. The molecule has 1 amide bonds. The van der Waals surface area contributed by atoms with E-state index in [0.29, 0.717) is 11.6 Å². The fourth-order valence-corrected chi connectivity index (χ4v) is 1.99. The summed E-state index contributed by atoms with van der Waals surface area (Å²) in [7, 11) is 1.29. The lowest BCUT2D eigenvalue weighted by atomic mass is 10.0. The SMILES string of the molecule is COC(=O)[C@H](CC(C)C)NC(=O)c1csc(N)n1. The molecule has 0 bridgehead atoms. The van der Waals surface area contributed by atoms with Gasteiger partial charge in [-0.25, -0.2) is 9.78 Å². The molecular weight excluding hydrogens is 254 g/mol. The van der Waals surface area contributed by atoms with Crippen LogP contribution in [0.5, 0.6) is 0 Å². The van der Waals surface area contributed by atoms with Gasteiger partial charge >= 0.3 is 5.97 Å². The van der Waals surface area contributed by atoms with Gasteiger partial charge in [-0.1, -0.05) is 13.8 Å². The molecule has 0 aliphatic rings. The van der Waals surface area contributed by atoms with Crippen molar-refractivity contribution in [3.63, 3.8) is 0 Å². The highest BCUT2D eigenvalue weighted by molar-refractivity contribution is 7.13. The summed E-state index contributed by atoms with van der Waals surface area (Å²) >= 11 is 1.18. The Labute approximate surface area is 110 Å². The van der Waals surface area contributed by atoms with E-state index in [-0.39, 0.29) is 11.6 Å². The molecule has 7 heteroatoms. The van der Waals surface area contributed by atoms with Crippen molar-refractivity contribution in [3.8, 4) is 0 Å². The van der Waals surface area contributed by atoms with Gasteiger partial charge in [-0.2, -0.15) is 0 Å². The smallest absolute Gasteiger partial charge is 0.328 e. The van der Waals surface area contributed by atoms with E-state index in [2.05, 4.69) is 15.0 Å². The van der Waals surface area contributed by atoms with Crippen LogP contribution < -0.4 is 11.1 Å². The summed E-state index contributed by atoms with van der Waals surface area (Å²) in [6, 6.07) is -0.662. The summed E-state index contributed by atoms with van der Waals surface area (Å²) in [4.78, 5) is 27.2. The lowest BCUT2D eigenvalue weighted by molar-refractivity contribution is -0.143. The van der Waals surface area contributed by atoms with Crippen LogP contribution >= 0.6 is 11.3 Å². The van der Waals surface area contributed by atoms with E-state index in [0.717, 1.165) is 0 Å². The Morgan fingerprint density at radius 3 is 2.67 bits per heavy atom. The highest BCUT2D eigenvalue weighted by atomic mass is 32.1. The lowest BCUT2D eigenvalue weighted by Gasteiger charge is -2.17. The van der Waals surface area contributed by atoms with Gasteiger partial charge in [0, 0.05) is 5.38 Å². The maximum Gasteiger partial charge on any atom is 0.328 e. The number of aromatic nitrogens is 1. The molecule has 1 rings (SSSR count). The number of hydrogen-bond donors (Lipinski definition) is 2. The van der Waals surface area contributed by atoms with E-state index in [1.165, 1.54) is 18.4 Å². The maximum absolute atomic E-state index is 11.8. The first-order chi connectivity index (χ1) is 8.43. The summed E-state index contributed by atoms with van der Waals surface area (Å²) in [5.74, 6) is -0.617. The number of hydrogen-bond acceptors (Lipinski definition) is 6. The molecule has 0 saturated heterocycles. The zero-order valence-corrected chi connectivity index (χ0v) is 11.4. The lowest BCUT2D eigenvalue weighted by Crippen LogP contribution is -2.42. The van der Waals surface area contributed by atoms with Crippen molar-refractivity contribution in [2.24, 2.45) is 5.92 Å². The third-order valence-corrected chi connectivity index (χ3v) is 2.93. The minimum absolute atomic E-state index is 0.218. The van der Waals surface area contributed by atoms with Gasteiger partial charge in [0.15, 0.2) is 5.13 Å². The number of carbonyl (C=O) groups excluding carboxylic acids is 2. The Morgan fingerprint density at radius 2 is 2.22 bits per heavy atom. The van der Waals surface area contributed by atoms with Crippen LogP contribution in [0.25, 0.3) is 0 Å². The van der Waals surface area contributed by atoms with Gasteiger partial charge in [-0.15, -0.1) is 11.3 Å². The zero-order chi connectivity index (χ0) is 13.7. The number of nitrogens with one attached hydrogen (secondary N) is 1. The van der Waals surface area contributed by atoms with Crippen molar-refractivity contribution in [2.45, 2.75) is 26.3 Å². The first kappa shape index (κ1) is 14.4. The van der Waals surface area contributed by atoms with Gasteiger partial charge in [0.25, 0.3) is 5.91 Å². The Balaban J connectivity index is 2.71. The van der Waals surface area contributed by atoms with E-state index in [9.17, 15) is 9.59 Å². The summed E-state index contributed by atoms with van der Waals surface area (Å²) in [6.07, 6.45) is 0.512. The number of rotatable bonds is 5. The van der Waals surface area contributed by atoms with Crippen LogP contribution in [0.15, 0.2) is 5.38 Å². The van der Waals surface area contributed by atoms with Crippen LogP contribution in [0, 0.1) is 5.92 Å². The number of amides is 1. The number of nitrogen functional groups attached to an aromatic ring is 1. The Morgan fingerprint density at radius 1 is 1.56 bits per heavy atom. The molecule has 1 aromatic heterocycles. The third kappa shape index (κ3) is 3.99.